The number of allylic oxidation sites excluding steroid dienone is 1. The summed E-state index contributed by atoms with van der Waals surface area (Å²) in [6, 6.07) is -13.2. The molecule has 0 radical (unpaired) electrons. The number of carbonyl (C=O) groups excluding carboxylic acids is 12. The van der Waals surface area contributed by atoms with Crippen LogP contribution in [-0.2, 0) is 71.9 Å². The Kier molecular flexibility index (Phi) is 33.5. The van der Waals surface area contributed by atoms with Gasteiger partial charge in [0.1, 0.15) is 48.3 Å². The van der Waals surface area contributed by atoms with Gasteiger partial charge in [-0.25, -0.2) is 0 Å². The van der Waals surface area contributed by atoms with Crippen molar-refractivity contribution in [1.82, 2.24) is 63.0 Å². The number of hydrogen-bond acceptors (Lipinski definition) is 16. The van der Waals surface area contributed by atoms with Crippen molar-refractivity contribution in [2.24, 2.45) is 11.8 Å². The highest BCUT2D eigenvalue weighted by atomic mass is 16.4. The number of carbonyl (C=O) groups is 15. The molecule has 14 N–H and O–H groups in total. The van der Waals surface area contributed by atoms with E-state index in [1.165, 1.54) is 4.90 Å². The molecule has 3 fully saturated rings. The zero-order chi connectivity index (χ0) is 64.9. The third kappa shape index (κ3) is 26.4. The molecule has 10 unspecified atom stereocenters. The maximum Gasteiger partial charge on any atom is 0.305 e. The van der Waals surface area contributed by atoms with Crippen LogP contribution < -0.4 is 53.2 Å². The highest BCUT2D eigenvalue weighted by Gasteiger charge is 2.43. The maximum absolute atomic E-state index is 14.8. The number of unbranched alkanes of at least 4 members (excludes halogenated alkanes) is 6. The highest BCUT2D eigenvalue weighted by Crippen LogP contribution is 2.23. The molecule has 88 heavy (non-hydrogen) atoms. The van der Waals surface area contributed by atoms with Crippen molar-refractivity contribution in [1.29, 1.82) is 0 Å². The average Bonchev–Trinajstić information content (AvgIpc) is 1.63. The molecule has 0 aromatic carbocycles. The molecular formula is C57H92N12O19. The van der Waals surface area contributed by atoms with Gasteiger partial charge in [-0.15, -0.1) is 0 Å². The normalized spacial score (nSPS) is 23.9. The van der Waals surface area contributed by atoms with Gasteiger partial charge in [0.05, 0.1) is 45.0 Å². The molecular weight excluding hydrogens is 1160 g/mol. The number of hydrogen-bond donors (Lipinski definition) is 14. The molecule has 3 aliphatic rings. The Morgan fingerprint density at radius 2 is 1.09 bits per heavy atom. The van der Waals surface area contributed by atoms with Gasteiger partial charge in [0.25, 0.3) is 0 Å². The quantitative estimate of drug-likeness (QED) is 0.0396. The Labute approximate surface area is 511 Å². The molecule has 0 aromatic rings. The lowest BCUT2D eigenvalue weighted by Gasteiger charge is -2.37. The van der Waals surface area contributed by atoms with Gasteiger partial charge in [-0.3, -0.25) is 71.9 Å². The summed E-state index contributed by atoms with van der Waals surface area (Å²) in [6.07, 6.45) is 7.00. The minimum atomic E-state index is -1.90. The highest BCUT2D eigenvalue weighted by molar-refractivity contribution is 6.00. The van der Waals surface area contributed by atoms with Gasteiger partial charge >= 0.3 is 17.9 Å². The first-order valence-corrected chi connectivity index (χ1v) is 29.6. The summed E-state index contributed by atoms with van der Waals surface area (Å²) in [5, 5.41) is 62.4. The van der Waals surface area contributed by atoms with E-state index in [4.69, 9.17) is 0 Å². The number of aliphatic hydroxyl groups is 1. The summed E-state index contributed by atoms with van der Waals surface area (Å²) in [4.78, 5) is 202. The number of nitrogens with one attached hydrogen (secondary N) is 10. The summed E-state index contributed by atoms with van der Waals surface area (Å²) in [7, 11) is 0. The van der Waals surface area contributed by atoms with Gasteiger partial charge in [0, 0.05) is 19.6 Å². The molecule has 0 spiro atoms. The van der Waals surface area contributed by atoms with Crippen molar-refractivity contribution in [3.8, 4) is 0 Å². The summed E-state index contributed by atoms with van der Waals surface area (Å²) >= 11 is 0. The molecule has 0 aromatic heterocycles. The van der Waals surface area contributed by atoms with Crippen LogP contribution in [0.5, 0.6) is 0 Å². The predicted octanol–water partition coefficient (Wildman–Crippen LogP) is -2.43. The number of amides is 12. The van der Waals surface area contributed by atoms with E-state index in [1.54, 1.807) is 19.9 Å². The Morgan fingerprint density at radius 1 is 0.591 bits per heavy atom. The second-order valence-corrected chi connectivity index (χ2v) is 22.4. The molecule has 31 nitrogen and oxygen atoms in total. The van der Waals surface area contributed by atoms with Crippen molar-refractivity contribution >= 4 is 88.8 Å². The van der Waals surface area contributed by atoms with Crippen LogP contribution in [0, 0.1) is 11.8 Å². The fourth-order valence-electron chi connectivity index (χ4n) is 9.94. The summed E-state index contributed by atoms with van der Waals surface area (Å²) in [6.45, 7) is 5.02. The first kappa shape index (κ1) is 75.8. The lowest BCUT2D eigenvalue weighted by molar-refractivity contribution is -0.146. The zero-order valence-corrected chi connectivity index (χ0v) is 50.1. The van der Waals surface area contributed by atoms with Crippen LogP contribution in [0.2, 0.25) is 0 Å². The van der Waals surface area contributed by atoms with Crippen molar-refractivity contribution in [2.45, 2.75) is 206 Å². The van der Waals surface area contributed by atoms with E-state index in [2.05, 4.69) is 67.0 Å². The Hall–Kier alpha value is -8.25. The molecule has 10 atom stereocenters. The second-order valence-electron chi connectivity index (χ2n) is 22.4. The SMILES string of the molecule is C.CCC(C)C1NC(=O)C(C(C)O)NC(=O)CNC(=O)C(CC(=O)O)NC(=O)CNC(=O)C(CC(=O)O)NC(=O)CNC(=O)C2CCCCN2C(=O)C(NC(=O)C(CC(=O)O)NC(=O)/C=C/CCCCCCCCC(C)C)CNC(=O)C2CCCN2C1=O. The molecule has 0 saturated carbocycles. The van der Waals surface area contributed by atoms with E-state index >= 15 is 0 Å². The number of rotatable bonds is 22. The lowest BCUT2D eigenvalue weighted by atomic mass is 9.96. The summed E-state index contributed by atoms with van der Waals surface area (Å²) in [5.74, 6) is -17.3. The first-order chi connectivity index (χ1) is 41.1. The minimum absolute atomic E-state index is 0. The van der Waals surface area contributed by atoms with Crippen molar-refractivity contribution in [2.75, 3.05) is 39.3 Å². The number of carboxylic acid groups (broad SMARTS) is 3. The summed E-state index contributed by atoms with van der Waals surface area (Å²) in [5.41, 5.74) is 0. The number of carboxylic acids is 3. The van der Waals surface area contributed by atoms with Crippen LogP contribution in [0.3, 0.4) is 0 Å². The standard InChI is InChI=1S/C56H88N12O19.CH4/c1-6-32(4)47-56(87)68-23-17-20-39(68)52(83)57-27-37(64-51(82)36(26-46(78)79)61-40(70)21-14-12-10-8-7-9-11-13-18-31(2)3)55(86)67-22-16-15-19-38(67)53(84)60-29-42(72)63-34(24-44(74)75)49(80)58-28-41(71)62-35(25-45(76)77)50(81)59-30-43(73)65-48(33(5)69)54(85)66-47;/h14,21,31-39,47-48,69H,6-13,15-20,22-30H2,1-5H3,(H,57,83)(H,58,80)(H,59,81)(H,60,84)(H,61,70)(H,62,71)(H,63,72)(H,64,82)(H,65,73)(H,66,85)(H,74,75)(H,76,77)(H,78,79);1H4/b21-14+;. The van der Waals surface area contributed by atoms with Crippen LogP contribution in [0.25, 0.3) is 0 Å². The van der Waals surface area contributed by atoms with Gasteiger partial charge in [-0.05, 0) is 69.8 Å². The number of piperidine rings is 1. The lowest BCUT2D eigenvalue weighted by Crippen LogP contribution is -2.63. The molecule has 3 saturated heterocycles. The Balaban J connectivity index is 0.0000264. The molecule has 12 amide bonds. The number of aliphatic carboxylic acids is 3. The molecule has 3 heterocycles. The first-order valence-electron chi connectivity index (χ1n) is 29.6. The molecule has 31 heteroatoms. The third-order valence-electron chi connectivity index (χ3n) is 14.9. The van der Waals surface area contributed by atoms with E-state index in [1.807, 2.05) is 0 Å². The van der Waals surface area contributed by atoms with Gasteiger partial charge in [-0.2, -0.15) is 0 Å². The fourth-order valence-corrected chi connectivity index (χ4v) is 9.94. The van der Waals surface area contributed by atoms with Crippen LogP contribution in [-0.4, -0.2) is 213 Å². The van der Waals surface area contributed by atoms with E-state index in [0.717, 1.165) is 62.8 Å². The van der Waals surface area contributed by atoms with Crippen molar-refractivity contribution in [3.63, 3.8) is 0 Å². The second kappa shape index (κ2) is 38.8. The van der Waals surface area contributed by atoms with E-state index in [-0.39, 0.29) is 46.2 Å². The third-order valence-corrected chi connectivity index (χ3v) is 14.9. The maximum atomic E-state index is 14.8. The zero-order valence-electron chi connectivity index (χ0n) is 50.1. The van der Waals surface area contributed by atoms with Gasteiger partial charge in [-0.1, -0.05) is 86.1 Å². The van der Waals surface area contributed by atoms with Gasteiger partial charge in [0.15, 0.2) is 0 Å². The van der Waals surface area contributed by atoms with Gasteiger partial charge < -0.3 is 83.4 Å². The molecule has 494 valence electrons. The summed E-state index contributed by atoms with van der Waals surface area (Å²) < 4.78 is 0. The van der Waals surface area contributed by atoms with Crippen LogP contribution in [0.4, 0.5) is 0 Å². The van der Waals surface area contributed by atoms with Gasteiger partial charge in [0.2, 0.25) is 70.9 Å². The molecule has 0 aliphatic carbocycles. The molecule has 3 aliphatic heterocycles. The largest absolute Gasteiger partial charge is 0.481 e. The van der Waals surface area contributed by atoms with Crippen molar-refractivity contribution in [3.05, 3.63) is 12.2 Å². The minimum Gasteiger partial charge on any atom is -0.481 e. The Bertz CT molecular complexity index is 2510. The van der Waals surface area contributed by atoms with E-state index in [0.29, 0.717) is 25.2 Å². The van der Waals surface area contributed by atoms with Crippen LogP contribution in [0.1, 0.15) is 151 Å². The topological polar surface area (TPSA) is 464 Å². The van der Waals surface area contributed by atoms with E-state index < -0.39 is 195 Å². The molecule has 3 rings (SSSR count). The molecule has 0 bridgehead atoms. The monoisotopic (exact) mass is 1250 g/mol. The number of fused-ring (bicyclic) bond motifs is 2. The average molecular weight is 1250 g/mol. The van der Waals surface area contributed by atoms with Crippen molar-refractivity contribution < 1.29 is 92.3 Å². The predicted molar refractivity (Wildman–Crippen MR) is 313 cm³/mol. The Morgan fingerprint density at radius 3 is 1.62 bits per heavy atom. The number of nitrogens with zero attached hydrogens (tertiary/aromatic N) is 2. The van der Waals surface area contributed by atoms with Crippen LogP contribution in [0.15, 0.2) is 12.2 Å². The van der Waals surface area contributed by atoms with Crippen LogP contribution >= 0.6 is 0 Å². The fraction of sp³-hybridized carbons (Fsp3) is 0.702. The smallest absolute Gasteiger partial charge is 0.305 e. The van der Waals surface area contributed by atoms with E-state index in [9.17, 15) is 92.3 Å². The number of aliphatic hydroxyl groups excluding tert-OH is 1.